The summed E-state index contributed by atoms with van der Waals surface area (Å²) in [4.78, 5) is 29.2. The van der Waals surface area contributed by atoms with Gasteiger partial charge in [-0.15, -0.1) is 0 Å². The summed E-state index contributed by atoms with van der Waals surface area (Å²) >= 11 is 0. The number of methoxy groups -OCH3 is 1. The molecule has 6 rings (SSSR count). The summed E-state index contributed by atoms with van der Waals surface area (Å²) in [5.74, 6) is 1.19. The van der Waals surface area contributed by atoms with E-state index in [-0.39, 0.29) is 23.1 Å². The second kappa shape index (κ2) is 9.18. The number of rotatable bonds is 5. The predicted molar refractivity (Wildman–Crippen MR) is 145 cm³/mol. The molecule has 37 heavy (non-hydrogen) atoms. The summed E-state index contributed by atoms with van der Waals surface area (Å²) in [6.07, 6.45) is 6.72. The van der Waals surface area contributed by atoms with Crippen LogP contribution in [0.3, 0.4) is 0 Å². The van der Waals surface area contributed by atoms with Crippen LogP contribution < -0.4 is 20.5 Å². The maximum Gasteiger partial charge on any atom is 0.274 e. The van der Waals surface area contributed by atoms with E-state index < -0.39 is 0 Å². The fourth-order valence-corrected chi connectivity index (χ4v) is 5.65. The molecule has 1 saturated carbocycles. The van der Waals surface area contributed by atoms with Crippen molar-refractivity contribution in [1.82, 2.24) is 14.8 Å². The number of aromatic nitrogens is 3. The van der Waals surface area contributed by atoms with E-state index in [1.165, 1.54) is 25.0 Å². The van der Waals surface area contributed by atoms with Gasteiger partial charge in [0.1, 0.15) is 11.2 Å². The van der Waals surface area contributed by atoms with Crippen LogP contribution in [0.15, 0.2) is 50.4 Å². The topological polar surface area (TPSA) is 102 Å². The van der Waals surface area contributed by atoms with E-state index in [2.05, 4.69) is 10.1 Å². The van der Waals surface area contributed by atoms with Crippen molar-refractivity contribution in [3.05, 3.63) is 57.0 Å². The quantitative estimate of drug-likeness (QED) is 0.276. The number of benzene rings is 2. The minimum absolute atomic E-state index is 0.0161. The lowest BCUT2D eigenvalue weighted by molar-refractivity contribution is 0.230. The SMILES string of the molecule is COc1cc(-c2c3oc4cc(=O)ccc4c3[nH]c3c2c(=O)[nH]n3C2CCCCCC2)ccc1OC(C)C. The highest BCUT2D eigenvalue weighted by Crippen LogP contribution is 2.42. The second-order valence-electron chi connectivity index (χ2n) is 10.2. The van der Waals surface area contributed by atoms with Gasteiger partial charge in [0.25, 0.3) is 5.56 Å². The van der Waals surface area contributed by atoms with Gasteiger partial charge in [-0.2, -0.15) is 0 Å². The largest absolute Gasteiger partial charge is 0.493 e. The minimum atomic E-state index is -0.182. The molecule has 8 nitrogen and oxygen atoms in total. The predicted octanol–water partition coefficient (Wildman–Crippen LogP) is 6.28. The summed E-state index contributed by atoms with van der Waals surface area (Å²) in [5, 5.41) is 4.45. The van der Waals surface area contributed by atoms with Crippen LogP contribution in [0.5, 0.6) is 11.5 Å². The van der Waals surface area contributed by atoms with E-state index in [1.54, 1.807) is 13.2 Å². The number of fused-ring (bicyclic) bond motifs is 4. The fraction of sp³-hybridized carbons (Fsp3) is 0.379. The standard InChI is InChI=1S/C29H31N3O5/c1-16(2)36-21-13-10-17(14-23(21)35-3)24-25-28(32(31-29(25)34)18-8-6-4-5-7-9-18)30-26-20-12-11-19(33)15-22(20)37-27(24)26/h10-16,18,30H,4-9H2,1-3H3,(H,31,34). The fourth-order valence-electron chi connectivity index (χ4n) is 5.65. The second-order valence-corrected chi connectivity index (χ2v) is 10.2. The molecule has 1 aliphatic carbocycles. The smallest absolute Gasteiger partial charge is 0.274 e. The van der Waals surface area contributed by atoms with Crippen molar-refractivity contribution in [3.8, 4) is 22.6 Å². The van der Waals surface area contributed by atoms with E-state index in [0.717, 1.165) is 47.8 Å². The molecule has 0 radical (unpaired) electrons. The normalized spacial score (nSPS) is 15.1. The Morgan fingerprint density at radius 3 is 2.51 bits per heavy atom. The number of nitrogens with one attached hydrogen (secondary N) is 2. The number of hydrogen-bond acceptors (Lipinski definition) is 5. The van der Waals surface area contributed by atoms with Gasteiger partial charge < -0.3 is 18.9 Å². The van der Waals surface area contributed by atoms with Gasteiger partial charge in [0.15, 0.2) is 22.5 Å². The summed E-state index contributed by atoms with van der Waals surface area (Å²) in [5.41, 5.74) is 3.61. The highest BCUT2D eigenvalue weighted by atomic mass is 16.5. The molecule has 0 amide bonds. The van der Waals surface area contributed by atoms with Crippen LogP contribution in [0.2, 0.25) is 0 Å². The number of hydrogen-bond donors (Lipinski definition) is 2. The molecule has 3 aromatic heterocycles. The van der Waals surface area contributed by atoms with Crippen molar-refractivity contribution < 1.29 is 13.9 Å². The van der Waals surface area contributed by atoms with Crippen LogP contribution in [0.25, 0.3) is 44.2 Å². The molecular weight excluding hydrogens is 470 g/mol. The Labute approximate surface area is 213 Å². The molecule has 1 fully saturated rings. The Kier molecular flexibility index (Phi) is 5.82. The van der Waals surface area contributed by atoms with Gasteiger partial charge in [0.2, 0.25) is 0 Å². The number of furan rings is 1. The average molecular weight is 502 g/mol. The van der Waals surface area contributed by atoms with Crippen LogP contribution in [-0.2, 0) is 0 Å². The zero-order valence-electron chi connectivity index (χ0n) is 21.3. The van der Waals surface area contributed by atoms with Gasteiger partial charge >= 0.3 is 0 Å². The van der Waals surface area contributed by atoms with E-state index >= 15 is 0 Å². The van der Waals surface area contributed by atoms with Crippen LogP contribution >= 0.6 is 0 Å². The van der Waals surface area contributed by atoms with E-state index in [1.807, 2.05) is 36.7 Å². The number of nitrogens with zero attached hydrogens (tertiary/aromatic N) is 1. The first kappa shape index (κ1) is 23.5. The summed E-state index contributed by atoms with van der Waals surface area (Å²) in [7, 11) is 1.60. The molecular formula is C29H31N3O5. The van der Waals surface area contributed by atoms with Crippen molar-refractivity contribution >= 4 is 33.1 Å². The minimum Gasteiger partial charge on any atom is -0.493 e. The third kappa shape index (κ3) is 4.00. The van der Waals surface area contributed by atoms with Crippen LogP contribution in [-0.4, -0.2) is 28.0 Å². The Bertz CT molecular complexity index is 1730. The Hall–Kier alpha value is -3.94. The average Bonchev–Trinajstić information content (AvgIpc) is 3.25. The first-order valence-electron chi connectivity index (χ1n) is 13.0. The lowest BCUT2D eigenvalue weighted by Crippen LogP contribution is -2.13. The summed E-state index contributed by atoms with van der Waals surface area (Å²) in [6, 6.07) is 10.7. The molecule has 192 valence electrons. The Balaban J connectivity index is 1.68. The first-order valence-corrected chi connectivity index (χ1v) is 13.0. The van der Waals surface area contributed by atoms with Crippen molar-refractivity contribution in [3.63, 3.8) is 0 Å². The van der Waals surface area contributed by atoms with E-state index in [0.29, 0.717) is 33.6 Å². The van der Waals surface area contributed by atoms with Crippen molar-refractivity contribution in [1.29, 1.82) is 0 Å². The van der Waals surface area contributed by atoms with E-state index in [9.17, 15) is 9.59 Å². The van der Waals surface area contributed by atoms with Crippen LogP contribution in [0, 0.1) is 0 Å². The number of pyridine rings is 1. The van der Waals surface area contributed by atoms with Gasteiger partial charge in [-0.05, 0) is 56.5 Å². The maximum absolute atomic E-state index is 13.6. The highest BCUT2D eigenvalue weighted by Gasteiger charge is 2.25. The van der Waals surface area contributed by atoms with Crippen molar-refractivity contribution in [2.24, 2.45) is 0 Å². The van der Waals surface area contributed by atoms with Crippen molar-refractivity contribution in [2.45, 2.75) is 64.5 Å². The zero-order chi connectivity index (χ0) is 25.7. The highest BCUT2D eigenvalue weighted by molar-refractivity contribution is 6.14. The van der Waals surface area contributed by atoms with Crippen molar-refractivity contribution in [2.75, 3.05) is 7.11 Å². The molecule has 1 aliphatic rings. The Morgan fingerprint density at radius 2 is 1.78 bits per heavy atom. The zero-order valence-corrected chi connectivity index (χ0v) is 21.3. The Morgan fingerprint density at radius 1 is 1.00 bits per heavy atom. The lowest BCUT2D eigenvalue weighted by atomic mass is 10.0. The van der Waals surface area contributed by atoms with Gasteiger partial charge in [-0.3, -0.25) is 19.4 Å². The molecule has 8 heteroatoms. The number of H-pyrrole nitrogens is 2. The molecule has 2 N–H and O–H groups in total. The van der Waals surface area contributed by atoms with E-state index in [4.69, 9.17) is 13.9 Å². The molecule has 0 bridgehead atoms. The third-order valence-electron chi connectivity index (χ3n) is 7.31. The molecule has 0 aliphatic heterocycles. The number of ether oxygens (including phenoxy) is 2. The molecule has 0 spiro atoms. The van der Waals surface area contributed by atoms with Gasteiger partial charge in [-0.1, -0.05) is 31.7 Å². The monoisotopic (exact) mass is 501 g/mol. The van der Waals surface area contributed by atoms with Gasteiger partial charge in [-0.25, -0.2) is 0 Å². The molecule has 2 aromatic carbocycles. The van der Waals surface area contributed by atoms with Gasteiger partial charge in [0, 0.05) is 17.0 Å². The maximum atomic E-state index is 13.6. The molecule has 3 heterocycles. The van der Waals surface area contributed by atoms with Crippen LogP contribution in [0.1, 0.15) is 58.4 Å². The summed E-state index contributed by atoms with van der Waals surface area (Å²) < 4.78 is 19.9. The molecule has 5 aromatic rings. The third-order valence-corrected chi connectivity index (χ3v) is 7.31. The lowest BCUT2D eigenvalue weighted by Gasteiger charge is -2.17. The first-order chi connectivity index (χ1) is 17.9. The number of aromatic amines is 2. The van der Waals surface area contributed by atoms with Crippen LogP contribution in [0.4, 0.5) is 0 Å². The molecule has 0 atom stereocenters. The molecule has 0 saturated heterocycles. The summed E-state index contributed by atoms with van der Waals surface area (Å²) in [6.45, 7) is 3.92. The van der Waals surface area contributed by atoms with Gasteiger partial charge in [0.05, 0.1) is 30.2 Å². The molecule has 0 unspecified atom stereocenters.